The molecule has 0 fully saturated rings. The summed E-state index contributed by atoms with van der Waals surface area (Å²) in [6.45, 7) is 1.26. The number of fused-ring (bicyclic) bond motifs is 3. The molecule has 134 valence electrons. The minimum atomic E-state index is -0.0621. The molecule has 0 atom stereocenters. The van der Waals surface area contributed by atoms with E-state index >= 15 is 0 Å². The van der Waals surface area contributed by atoms with Gasteiger partial charge in [-0.2, -0.15) is 0 Å². The molecule has 27 heavy (non-hydrogen) atoms. The van der Waals surface area contributed by atoms with Crippen molar-refractivity contribution in [1.29, 1.82) is 0 Å². The highest BCUT2D eigenvalue weighted by Crippen LogP contribution is 2.31. The third-order valence-electron chi connectivity index (χ3n) is 4.88. The zero-order valence-electron chi connectivity index (χ0n) is 14.8. The average Bonchev–Trinajstić information content (AvgIpc) is 3.10. The summed E-state index contributed by atoms with van der Waals surface area (Å²) in [5, 5.41) is 4.95. The number of hydrogen-bond donors (Lipinski definition) is 0. The second kappa shape index (κ2) is 6.05. The van der Waals surface area contributed by atoms with Crippen LogP contribution < -0.4 is 9.80 Å². The number of anilines is 2. The Morgan fingerprint density at radius 3 is 2.52 bits per heavy atom. The smallest absolute Gasteiger partial charge is 0.234 e. The van der Waals surface area contributed by atoms with Gasteiger partial charge >= 0.3 is 0 Å². The van der Waals surface area contributed by atoms with E-state index in [4.69, 9.17) is 14.5 Å². The van der Waals surface area contributed by atoms with Crippen LogP contribution in [0.2, 0.25) is 0 Å². The Hall–Kier alpha value is -3.48. The fourth-order valence-corrected chi connectivity index (χ4v) is 3.43. The summed E-state index contributed by atoms with van der Waals surface area (Å²) < 4.78 is 5.32. The molecular weight excluding hydrogens is 342 g/mol. The highest BCUT2D eigenvalue weighted by atomic mass is 16.5. The number of benzene rings is 2. The average molecular weight is 359 g/mol. The molecule has 0 unspecified atom stereocenters. The molecule has 1 amide bonds. The normalized spacial score (nSPS) is 14.0. The first-order chi connectivity index (χ1) is 13.2. The van der Waals surface area contributed by atoms with Gasteiger partial charge in [-0.1, -0.05) is 29.4 Å². The summed E-state index contributed by atoms with van der Waals surface area (Å²) in [6, 6.07) is 15.3. The molecule has 5 rings (SSSR count). The van der Waals surface area contributed by atoms with Crippen LogP contribution in [0.1, 0.15) is 5.69 Å². The van der Waals surface area contributed by atoms with E-state index < -0.39 is 0 Å². The molecule has 0 saturated carbocycles. The van der Waals surface area contributed by atoms with Crippen LogP contribution in [0.25, 0.3) is 22.0 Å². The van der Waals surface area contributed by atoms with Gasteiger partial charge in [-0.25, -0.2) is 9.97 Å². The van der Waals surface area contributed by atoms with Gasteiger partial charge in [0.1, 0.15) is 5.69 Å². The molecule has 7 nitrogen and oxygen atoms in total. The molecule has 0 saturated heterocycles. The Morgan fingerprint density at radius 1 is 1.00 bits per heavy atom. The lowest BCUT2D eigenvalue weighted by atomic mass is 10.1. The van der Waals surface area contributed by atoms with Crippen LogP contribution in [0, 0.1) is 0 Å². The molecule has 1 aliphatic rings. The zero-order valence-corrected chi connectivity index (χ0v) is 14.8. The van der Waals surface area contributed by atoms with E-state index in [0.717, 1.165) is 22.2 Å². The van der Waals surface area contributed by atoms with Gasteiger partial charge in [0.05, 0.1) is 17.5 Å². The van der Waals surface area contributed by atoms with Crippen molar-refractivity contribution in [2.75, 3.05) is 29.9 Å². The van der Waals surface area contributed by atoms with Crippen LogP contribution in [0.5, 0.6) is 0 Å². The Bertz CT molecular complexity index is 1170. The van der Waals surface area contributed by atoms with Crippen molar-refractivity contribution in [3.63, 3.8) is 0 Å². The number of rotatable bonds is 2. The predicted octanol–water partition coefficient (Wildman–Crippen LogP) is 2.80. The number of aromatic nitrogens is 3. The molecule has 3 heterocycles. The Labute approximate surface area is 155 Å². The van der Waals surface area contributed by atoms with Gasteiger partial charge in [-0.3, -0.25) is 9.69 Å². The Balaban J connectivity index is 1.53. The number of nitrogens with zero attached hydrogens (tertiary/aromatic N) is 5. The maximum absolute atomic E-state index is 13.1. The third-order valence-corrected chi connectivity index (χ3v) is 4.88. The Kier molecular flexibility index (Phi) is 3.53. The number of amides is 1. The summed E-state index contributed by atoms with van der Waals surface area (Å²) in [5.74, 6) is 1.26. The molecule has 2 aromatic carbocycles. The van der Waals surface area contributed by atoms with Gasteiger partial charge in [0, 0.05) is 25.5 Å². The minimum Gasteiger partial charge on any atom is -0.356 e. The second-order valence-electron chi connectivity index (χ2n) is 6.63. The van der Waals surface area contributed by atoms with Crippen LogP contribution in [-0.4, -0.2) is 41.2 Å². The van der Waals surface area contributed by atoms with E-state index in [0.29, 0.717) is 30.2 Å². The molecule has 4 aromatic rings. The molecule has 0 radical (unpaired) electrons. The van der Waals surface area contributed by atoms with Gasteiger partial charge in [0.25, 0.3) is 0 Å². The van der Waals surface area contributed by atoms with E-state index in [9.17, 15) is 4.79 Å². The second-order valence-corrected chi connectivity index (χ2v) is 6.63. The molecule has 0 bridgehead atoms. The van der Waals surface area contributed by atoms with Gasteiger partial charge < -0.3 is 9.42 Å². The number of likely N-dealkylation sites (N-methyl/N-ethyl adjacent to an activating group) is 1. The molecule has 1 aliphatic heterocycles. The molecule has 7 heteroatoms. The van der Waals surface area contributed by atoms with E-state index in [1.54, 1.807) is 4.90 Å². The maximum Gasteiger partial charge on any atom is 0.234 e. The van der Waals surface area contributed by atoms with Gasteiger partial charge in [0.15, 0.2) is 17.2 Å². The number of carbonyl (C=O) groups excluding carboxylic acids is 1. The van der Waals surface area contributed by atoms with E-state index in [-0.39, 0.29) is 12.3 Å². The van der Waals surface area contributed by atoms with Crippen LogP contribution in [0.15, 0.2) is 53.1 Å². The van der Waals surface area contributed by atoms with E-state index in [1.165, 1.54) is 0 Å². The third kappa shape index (κ3) is 2.59. The van der Waals surface area contributed by atoms with Crippen LogP contribution in [0.4, 0.5) is 11.6 Å². The van der Waals surface area contributed by atoms with Crippen molar-refractivity contribution in [2.45, 2.75) is 6.42 Å². The first-order valence-electron chi connectivity index (χ1n) is 8.82. The standard InChI is InChI=1S/C20H17N5O2/c1-24-10-11-25(20-19(24)21-14-7-3-4-8-15(14)22-20)18(26)12-16-13-6-2-5-9-17(13)27-23-16/h2-9H,10-12H2,1H3. The van der Waals surface area contributed by atoms with Gasteiger partial charge in [0.2, 0.25) is 5.91 Å². The van der Waals surface area contributed by atoms with Crippen molar-refractivity contribution in [3.05, 3.63) is 54.2 Å². The monoisotopic (exact) mass is 359 g/mol. The van der Waals surface area contributed by atoms with Crippen LogP contribution in [0.3, 0.4) is 0 Å². The quantitative estimate of drug-likeness (QED) is 0.548. The molecule has 0 spiro atoms. The summed E-state index contributed by atoms with van der Waals surface area (Å²) >= 11 is 0. The van der Waals surface area contributed by atoms with Crippen molar-refractivity contribution in [3.8, 4) is 0 Å². The zero-order chi connectivity index (χ0) is 18.4. The van der Waals surface area contributed by atoms with Crippen LogP contribution in [-0.2, 0) is 11.2 Å². The summed E-state index contributed by atoms with van der Waals surface area (Å²) in [7, 11) is 1.97. The fraction of sp³-hybridized carbons (Fsp3) is 0.200. The highest BCUT2D eigenvalue weighted by Gasteiger charge is 2.29. The van der Waals surface area contributed by atoms with Gasteiger partial charge in [-0.05, 0) is 24.3 Å². The SMILES string of the molecule is CN1CCN(C(=O)Cc2noc3ccccc23)c2nc3ccccc3nc21. The fourth-order valence-electron chi connectivity index (χ4n) is 3.43. The largest absolute Gasteiger partial charge is 0.356 e. The lowest BCUT2D eigenvalue weighted by Crippen LogP contribution is -2.44. The minimum absolute atomic E-state index is 0.0621. The molecule has 2 aromatic heterocycles. The highest BCUT2D eigenvalue weighted by molar-refractivity contribution is 5.99. The molecule has 0 N–H and O–H groups in total. The van der Waals surface area contributed by atoms with Gasteiger partial charge in [-0.15, -0.1) is 0 Å². The molecular formula is C20H17N5O2. The van der Waals surface area contributed by atoms with E-state index in [2.05, 4.69) is 5.16 Å². The number of para-hydroxylation sites is 3. The van der Waals surface area contributed by atoms with Crippen molar-refractivity contribution in [1.82, 2.24) is 15.1 Å². The first kappa shape index (κ1) is 15.7. The first-order valence-corrected chi connectivity index (χ1v) is 8.82. The number of hydrogen-bond acceptors (Lipinski definition) is 6. The number of carbonyl (C=O) groups is 1. The Morgan fingerprint density at radius 2 is 1.70 bits per heavy atom. The summed E-state index contributed by atoms with van der Waals surface area (Å²) in [6.07, 6.45) is 0.161. The predicted molar refractivity (Wildman–Crippen MR) is 103 cm³/mol. The molecule has 0 aliphatic carbocycles. The lowest BCUT2D eigenvalue weighted by Gasteiger charge is -2.33. The van der Waals surface area contributed by atoms with Crippen molar-refractivity contribution < 1.29 is 9.32 Å². The summed E-state index contributed by atoms with van der Waals surface area (Å²) in [5.41, 5.74) is 2.92. The van der Waals surface area contributed by atoms with Crippen LogP contribution >= 0.6 is 0 Å². The topological polar surface area (TPSA) is 75.4 Å². The van der Waals surface area contributed by atoms with Crippen molar-refractivity contribution in [2.24, 2.45) is 0 Å². The maximum atomic E-state index is 13.1. The lowest BCUT2D eigenvalue weighted by molar-refractivity contribution is -0.118. The van der Waals surface area contributed by atoms with E-state index in [1.807, 2.05) is 60.5 Å². The summed E-state index contributed by atoms with van der Waals surface area (Å²) in [4.78, 5) is 26.2. The van der Waals surface area contributed by atoms with Crippen molar-refractivity contribution >= 4 is 39.5 Å².